The molecule has 1 amide bonds. The number of piperidine rings is 1. The predicted molar refractivity (Wildman–Crippen MR) is 116 cm³/mol. The van der Waals surface area contributed by atoms with Gasteiger partial charge in [-0.3, -0.25) is 4.79 Å². The van der Waals surface area contributed by atoms with Gasteiger partial charge in [0.05, 0.1) is 4.90 Å². The van der Waals surface area contributed by atoms with Crippen LogP contribution in [-0.4, -0.2) is 47.0 Å². The molecular weight excluding hydrogens is 418 g/mol. The van der Waals surface area contributed by atoms with Crippen LogP contribution in [-0.2, 0) is 21.2 Å². The second-order valence-corrected chi connectivity index (χ2v) is 9.21. The Kier molecular flexibility index (Phi) is 5.88. The molecule has 1 fully saturated rings. The number of hydrogen-bond acceptors (Lipinski definition) is 7. The number of amides is 1. The van der Waals surface area contributed by atoms with E-state index in [1.807, 2.05) is 0 Å². The minimum Gasteiger partial charge on any atom is -0.356 e. The Hall–Kier alpha value is -3.05. The van der Waals surface area contributed by atoms with Gasteiger partial charge in [0.1, 0.15) is 12.1 Å². The highest BCUT2D eigenvalue weighted by molar-refractivity contribution is 7.89. The van der Waals surface area contributed by atoms with Gasteiger partial charge < -0.3 is 10.2 Å². The average molecular weight is 444 g/mol. The summed E-state index contributed by atoms with van der Waals surface area (Å²) in [4.78, 5) is 23.7. The van der Waals surface area contributed by atoms with Gasteiger partial charge in [-0.15, -0.1) is 0 Å². The molecular formula is C20H25N7O3S. The first-order valence-corrected chi connectivity index (χ1v) is 11.8. The van der Waals surface area contributed by atoms with Crippen LogP contribution in [0.4, 0.5) is 11.5 Å². The topological polar surface area (TPSA) is 136 Å². The van der Waals surface area contributed by atoms with E-state index < -0.39 is 10.0 Å². The number of aromatic nitrogens is 4. The molecule has 0 unspecified atom stereocenters. The van der Waals surface area contributed by atoms with Gasteiger partial charge in [-0.1, -0.05) is 13.3 Å². The maximum Gasteiger partial charge on any atom is 0.254 e. The monoisotopic (exact) mass is 443 g/mol. The molecule has 0 spiro atoms. The summed E-state index contributed by atoms with van der Waals surface area (Å²) >= 11 is 0. The number of nitrogens with one attached hydrogen (secondary N) is 1. The minimum absolute atomic E-state index is 0.0121. The molecule has 2 aromatic heterocycles. The Labute approximate surface area is 180 Å². The van der Waals surface area contributed by atoms with Crippen molar-refractivity contribution >= 4 is 33.2 Å². The number of hydrogen-bond donors (Lipinski definition) is 2. The molecule has 0 atom stereocenters. The first-order valence-electron chi connectivity index (χ1n) is 10.2. The summed E-state index contributed by atoms with van der Waals surface area (Å²) in [5, 5.41) is 12.3. The fourth-order valence-electron chi connectivity index (χ4n) is 3.80. The predicted octanol–water partition coefficient (Wildman–Crippen LogP) is 1.58. The smallest absolute Gasteiger partial charge is 0.254 e. The molecule has 1 saturated heterocycles. The maximum absolute atomic E-state index is 12.7. The van der Waals surface area contributed by atoms with Gasteiger partial charge in [0.2, 0.25) is 15.9 Å². The zero-order chi connectivity index (χ0) is 22.0. The van der Waals surface area contributed by atoms with E-state index in [4.69, 9.17) is 5.14 Å². The molecule has 11 heteroatoms. The van der Waals surface area contributed by atoms with E-state index in [1.165, 1.54) is 18.5 Å². The first kappa shape index (κ1) is 21.2. The van der Waals surface area contributed by atoms with Crippen LogP contribution in [0.25, 0.3) is 5.78 Å². The van der Waals surface area contributed by atoms with Gasteiger partial charge in [-0.25, -0.2) is 18.5 Å². The molecule has 3 heterocycles. The van der Waals surface area contributed by atoms with Crippen molar-refractivity contribution in [2.75, 3.05) is 23.3 Å². The molecule has 3 N–H and O–H groups in total. The highest BCUT2D eigenvalue weighted by Crippen LogP contribution is 2.25. The Bertz CT molecular complexity index is 1180. The molecule has 10 nitrogen and oxygen atoms in total. The summed E-state index contributed by atoms with van der Waals surface area (Å²) in [6.45, 7) is 3.54. The standard InChI is InChI=1S/C20H25N7O3S/c1-2-3-16-12-18(27-20(25-16)22-13-23-27)26-10-8-14(9-11-26)19(28)24-15-4-6-17(7-5-15)31(21,29)30/h4-7,12-14H,2-3,8-11H2,1H3,(H,24,28)(H2,21,29,30). The molecule has 0 saturated carbocycles. The number of nitrogens with zero attached hydrogens (tertiary/aromatic N) is 5. The van der Waals surface area contributed by atoms with Gasteiger partial charge in [0.15, 0.2) is 0 Å². The third kappa shape index (κ3) is 4.67. The number of benzene rings is 1. The quantitative estimate of drug-likeness (QED) is 0.590. The van der Waals surface area contributed by atoms with Crippen LogP contribution < -0.4 is 15.4 Å². The lowest BCUT2D eigenvalue weighted by Gasteiger charge is -2.33. The zero-order valence-corrected chi connectivity index (χ0v) is 18.0. The van der Waals surface area contributed by atoms with Crippen LogP contribution in [0, 0.1) is 5.92 Å². The number of aryl methyl sites for hydroxylation is 1. The highest BCUT2D eigenvalue weighted by Gasteiger charge is 2.27. The molecule has 1 aliphatic rings. The van der Waals surface area contributed by atoms with E-state index in [-0.39, 0.29) is 16.7 Å². The fraction of sp³-hybridized carbons (Fsp3) is 0.400. The second-order valence-electron chi connectivity index (χ2n) is 7.65. The fourth-order valence-corrected chi connectivity index (χ4v) is 4.31. The SMILES string of the molecule is CCCc1cc(N2CCC(C(=O)Nc3ccc(S(N)(=O)=O)cc3)CC2)n2ncnc2n1. The average Bonchev–Trinajstić information content (AvgIpc) is 3.22. The normalized spacial score (nSPS) is 15.4. The Balaban J connectivity index is 1.41. The van der Waals surface area contributed by atoms with E-state index in [9.17, 15) is 13.2 Å². The molecule has 3 aromatic rings. The molecule has 31 heavy (non-hydrogen) atoms. The third-order valence-electron chi connectivity index (χ3n) is 5.43. The number of nitrogens with two attached hydrogens (primary N) is 1. The number of sulfonamides is 1. The van der Waals surface area contributed by atoms with Gasteiger partial charge in [-0.05, 0) is 43.5 Å². The summed E-state index contributed by atoms with van der Waals surface area (Å²) < 4.78 is 24.5. The van der Waals surface area contributed by atoms with Crippen LogP contribution in [0.3, 0.4) is 0 Å². The van der Waals surface area contributed by atoms with E-state index in [1.54, 1.807) is 16.6 Å². The van der Waals surface area contributed by atoms with E-state index >= 15 is 0 Å². The molecule has 1 aliphatic heterocycles. The molecule has 0 aliphatic carbocycles. The summed E-state index contributed by atoms with van der Waals surface area (Å²) in [5.74, 6) is 1.33. The van der Waals surface area contributed by atoms with E-state index in [2.05, 4.69) is 38.3 Å². The number of fused-ring (bicyclic) bond motifs is 1. The summed E-state index contributed by atoms with van der Waals surface area (Å²) in [7, 11) is -3.75. The lowest BCUT2D eigenvalue weighted by molar-refractivity contribution is -0.120. The van der Waals surface area contributed by atoms with Crippen LogP contribution in [0.1, 0.15) is 31.9 Å². The van der Waals surface area contributed by atoms with Gasteiger partial charge in [-0.2, -0.15) is 14.6 Å². The van der Waals surface area contributed by atoms with Crippen LogP contribution >= 0.6 is 0 Å². The largest absolute Gasteiger partial charge is 0.356 e. The Morgan fingerprint density at radius 3 is 2.58 bits per heavy atom. The molecule has 0 bridgehead atoms. The summed E-state index contributed by atoms with van der Waals surface area (Å²) in [5.41, 5.74) is 1.53. The van der Waals surface area contributed by atoms with Gasteiger partial charge in [0, 0.05) is 36.5 Å². The number of rotatable bonds is 6. The van der Waals surface area contributed by atoms with Crippen molar-refractivity contribution in [1.82, 2.24) is 19.6 Å². The lowest BCUT2D eigenvalue weighted by atomic mass is 9.95. The lowest BCUT2D eigenvalue weighted by Crippen LogP contribution is -2.39. The van der Waals surface area contributed by atoms with Crippen molar-refractivity contribution in [1.29, 1.82) is 0 Å². The molecule has 164 valence electrons. The number of carbonyl (C=O) groups excluding carboxylic acids is 1. The van der Waals surface area contributed by atoms with Crippen molar-refractivity contribution in [3.63, 3.8) is 0 Å². The second kappa shape index (κ2) is 8.60. The Morgan fingerprint density at radius 1 is 1.23 bits per heavy atom. The first-order chi connectivity index (χ1) is 14.8. The summed E-state index contributed by atoms with van der Waals surface area (Å²) in [6.07, 6.45) is 4.77. The van der Waals surface area contributed by atoms with Gasteiger partial charge in [0.25, 0.3) is 5.78 Å². The molecule has 1 aromatic carbocycles. The molecule has 0 radical (unpaired) electrons. The van der Waals surface area contributed by atoms with Crippen molar-refractivity contribution in [2.45, 2.75) is 37.5 Å². The van der Waals surface area contributed by atoms with Gasteiger partial charge >= 0.3 is 0 Å². The van der Waals surface area contributed by atoms with Crippen LogP contribution in [0.15, 0.2) is 41.6 Å². The van der Waals surface area contributed by atoms with E-state index in [0.29, 0.717) is 37.4 Å². The maximum atomic E-state index is 12.7. The van der Waals surface area contributed by atoms with Crippen molar-refractivity contribution in [2.24, 2.45) is 11.1 Å². The highest BCUT2D eigenvalue weighted by atomic mass is 32.2. The third-order valence-corrected chi connectivity index (χ3v) is 6.36. The van der Waals surface area contributed by atoms with Crippen LogP contribution in [0.5, 0.6) is 0 Å². The minimum atomic E-state index is -3.75. The van der Waals surface area contributed by atoms with E-state index in [0.717, 1.165) is 24.4 Å². The summed E-state index contributed by atoms with van der Waals surface area (Å²) in [6, 6.07) is 7.90. The number of anilines is 2. The number of carbonyl (C=O) groups is 1. The van der Waals surface area contributed by atoms with Crippen molar-refractivity contribution < 1.29 is 13.2 Å². The molecule has 4 rings (SSSR count). The van der Waals surface area contributed by atoms with Crippen LogP contribution in [0.2, 0.25) is 0 Å². The van der Waals surface area contributed by atoms with Crippen molar-refractivity contribution in [3.05, 3.63) is 42.4 Å². The zero-order valence-electron chi connectivity index (χ0n) is 17.2. The van der Waals surface area contributed by atoms with Crippen molar-refractivity contribution in [3.8, 4) is 0 Å². The number of primary sulfonamides is 1. The Morgan fingerprint density at radius 2 is 1.94 bits per heavy atom.